The van der Waals surface area contributed by atoms with E-state index in [1.54, 1.807) is 6.92 Å². The monoisotopic (exact) mass is 359 g/mol. The number of hydrogen-bond donors (Lipinski definition) is 3. The number of aliphatic hydroxyl groups is 1. The van der Waals surface area contributed by atoms with Crippen molar-refractivity contribution in [2.45, 2.75) is 13.5 Å². The molecule has 0 amide bonds. The van der Waals surface area contributed by atoms with Gasteiger partial charge in [-0.3, -0.25) is 10.4 Å². The van der Waals surface area contributed by atoms with Gasteiger partial charge in [0.25, 0.3) is 0 Å². The molecule has 3 N–H and O–H groups in total. The van der Waals surface area contributed by atoms with E-state index >= 15 is 0 Å². The molecule has 1 heterocycles. The zero-order chi connectivity index (χ0) is 16.3. The Balaban J connectivity index is 2.30. The number of anilines is 1. The number of halogens is 3. The van der Waals surface area contributed by atoms with Crippen LogP contribution in [-0.2, 0) is 6.61 Å². The van der Waals surface area contributed by atoms with Crippen LogP contribution in [0.15, 0.2) is 23.4 Å². The quantitative estimate of drug-likeness (QED) is 0.569. The lowest BCUT2D eigenvalue weighted by Gasteiger charge is -2.09. The first-order chi connectivity index (χ1) is 10.4. The fraction of sp³-hybridized carbons (Fsp3) is 0.143. The molecular formula is C14H12Cl3N3O2. The smallest absolute Gasteiger partial charge is 0.145 e. The highest BCUT2D eigenvalue weighted by molar-refractivity contribution is 6.41. The minimum atomic E-state index is -0.273. The number of aryl methyl sites for hydroxylation is 1. The van der Waals surface area contributed by atoms with Gasteiger partial charge in [0, 0.05) is 22.3 Å². The minimum Gasteiger partial charge on any atom is -0.505 e. The van der Waals surface area contributed by atoms with Crippen molar-refractivity contribution in [3.63, 3.8) is 0 Å². The fourth-order valence-electron chi connectivity index (χ4n) is 1.73. The Bertz CT molecular complexity index is 713. The molecule has 1 aromatic heterocycles. The molecule has 2 aromatic rings. The second-order valence-electron chi connectivity index (χ2n) is 4.40. The third kappa shape index (κ3) is 3.62. The molecule has 0 spiro atoms. The van der Waals surface area contributed by atoms with Gasteiger partial charge in [0.15, 0.2) is 0 Å². The summed E-state index contributed by atoms with van der Waals surface area (Å²) in [7, 11) is 0. The number of aromatic hydroxyl groups is 1. The predicted molar refractivity (Wildman–Crippen MR) is 89.3 cm³/mol. The van der Waals surface area contributed by atoms with Crippen molar-refractivity contribution in [1.82, 2.24) is 4.98 Å². The van der Waals surface area contributed by atoms with Crippen LogP contribution in [0.3, 0.4) is 0 Å². The van der Waals surface area contributed by atoms with Crippen molar-refractivity contribution in [2.24, 2.45) is 5.10 Å². The molecule has 22 heavy (non-hydrogen) atoms. The van der Waals surface area contributed by atoms with Gasteiger partial charge in [-0.2, -0.15) is 5.10 Å². The number of nitrogens with zero attached hydrogens (tertiary/aromatic N) is 2. The van der Waals surface area contributed by atoms with Crippen molar-refractivity contribution >= 4 is 46.7 Å². The van der Waals surface area contributed by atoms with Crippen LogP contribution in [0.25, 0.3) is 0 Å². The molecule has 2 rings (SSSR count). The van der Waals surface area contributed by atoms with E-state index < -0.39 is 0 Å². The van der Waals surface area contributed by atoms with Crippen LogP contribution in [0.4, 0.5) is 5.69 Å². The number of aliphatic hydroxyl groups excluding tert-OH is 1. The molecule has 0 fully saturated rings. The van der Waals surface area contributed by atoms with Crippen LogP contribution >= 0.6 is 34.8 Å². The van der Waals surface area contributed by atoms with E-state index in [1.165, 1.54) is 24.5 Å². The van der Waals surface area contributed by atoms with E-state index in [2.05, 4.69) is 15.5 Å². The number of pyridine rings is 1. The van der Waals surface area contributed by atoms with Gasteiger partial charge >= 0.3 is 0 Å². The van der Waals surface area contributed by atoms with E-state index in [1.807, 2.05) is 0 Å². The van der Waals surface area contributed by atoms with Gasteiger partial charge in [-0.05, 0) is 19.1 Å². The van der Waals surface area contributed by atoms with Gasteiger partial charge < -0.3 is 10.2 Å². The molecule has 0 saturated heterocycles. The zero-order valence-corrected chi connectivity index (χ0v) is 13.7. The van der Waals surface area contributed by atoms with Crippen molar-refractivity contribution in [1.29, 1.82) is 0 Å². The van der Waals surface area contributed by atoms with Crippen LogP contribution in [-0.4, -0.2) is 21.4 Å². The summed E-state index contributed by atoms with van der Waals surface area (Å²) < 4.78 is 0. The first kappa shape index (κ1) is 16.8. The van der Waals surface area contributed by atoms with E-state index in [0.717, 1.165) is 0 Å². The SMILES string of the molecule is Cc1ncc(CO)c(/C=N\Nc2c(Cl)cc(Cl)cc2Cl)c1O. The average molecular weight is 361 g/mol. The Morgan fingerprint density at radius 1 is 1.27 bits per heavy atom. The van der Waals surface area contributed by atoms with Gasteiger partial charge in [0.05, 0.1) is 34.2 Å². The summed E-state index contributed by atoms with van der Waals surface area (Å²) in [6.45, 7) is 1.37. The number of nitrogens with one attached hydrogen (secondary N) is 1. The highest BCUT2D eigenvalue weighted by atomic mass is 35.5. The van der Waals surface area contributed by atoms with Crippen molar-refractivity contribution in [3.8, 4) is 5.75 Å². The third-order valence-corrected chi connectivity index (χ3v) is 3.72. The molecule has 1 aromatic carbocycles. The molecule has 116 valence electrons. The molecular weight excluding hydrogens is 349 g/mol. The minimum absolute atomic E-state index is 0.0506. The molecule has 0 atom stereocenters. The van der Waals surface area contributed by atoms with Gasteiger partial charge in [-0.15, -0.1) is 0 Å². The highest BCUT2D eigenvalue weighted by Crippen LogP contribution is 2.33. The normalized spacial score (nSPS) is 11.1. The van der Waals surface area contributed by atoms with Crippen LogP contribution in [0.5, 0.6) is 5.75 Å². The summed E-state index contributed by atoms with van der Waals surface area (Å²) in [6, 6.07) is 3.06. The van der Waals surface area contributed by atoms with Crippen molar-refractivity contribution in [3.05, 3.63) is 50.2 Å². The van der Waals surface area contributed by atoms with Crippen molar-refractivity contribution in [2.75, 3.05) is 5.43 Å². The maximum Gasteiger partial charge on any atom is 0.145 e. The van der Waals surface area contributed by atoms with Crippen LogP contribution in [0, 0.1) is 6.92 Å². The Morgan fingerprint density at radius 3 is 2.50 bits per heavy atom. The lowest BCUT2D eigenvalue weighted by Crippen LogP contribution is -2.00. The number of aromatic nitrogens is 1. The maximum atomic E-state index is 9.99. The fourth-order valence-corrected chi connectivity index (χ4v) is 2.63. The molecule has 5 nitrogen and oxygen atoms in total. The molecule has 0 aliphatic carbocycles. The lowest BCUT2D eigenvalue weighted by atomic mass is 10.1. The van der Waals surface area contributed by atoms with Gasteiger partial charge in [-0.25, -0.2) is 0 Å². The summed E-state index contributed by atoms with van der Waals surface area (Å²) in [4.78, 5) is 3.97. The molecule has 0 bridgehead atoms. The van der Waals surface area contributed by atoms with Gasteiger partial charge in [0.1, 0.15) is 5.75 Å². The maximum absolute atomic E-state index is 9.99. The molecule has 0 saturated carbocycles. The number of rotatable bonds is 4. The Morgan fingerprint density at radius 2 is 1.91 bits per heavy atom. The highest BCUT2D eigenvalue weighted by Gasteiger charge is 2.10. The zero-order valence-electron chi connectivity index (χ0n) is 11.4. The second kappa shape index (κ2) is 7.15. The van der Waals surface area contributed by atoms with Crippen molar-refractivity contribution < 1.29 is 10.2 Å². The van der Waals surface area contributed by atoms with E-state index in [4.69, 9.17) is 34.8 Å². The Kier molecular flexibility index (Phi) is 5.47. The summed E-state index contributed by atoms with van der Waals surface area (Å²) in [5.74, 6) is -0.0506. The van der Waals surface area contributed by atoms with E-state index in [9.17, 15) is 10.2 Å². The summed E-state index contributed by atoms with van der Waals surface area (Å²) in [5, 5.41) is 24.3. The standard InChI is InChI=1S/C14H12Cl3N3O2/c1-7-14(22)10(8(6-21)4-18-7)5-19-20-13-11(16)2-9(15)3-12(13)17/h2-5,20-22H,6H2,1H3/b19-5-. The topological polar surface area (TPSA) is 77.7 Å². The largest absolute Gasteiger partial charge is 0.505 e. The third-order valence-electron chi connectivity index (χ3n) is 2.91. The van der Waals surface area contributed by atoms with Gasteiger partial charge in [0.2, 0.25) is 0 Å². The predicted octanol–water partition coefficient (Wildman–Crippen LogP) is 3.99. The summed E-state index contributed by atoms with van der Waals surface area (Å²) in [6.07, 6.45) is 2.83. The van der Waals surface area contributed by atoms with E-state index in [0.29, 0.717) is 37.6 Å². The molecule has 0 unspecified atom stereocenters. The number of hydrazone groups is 1. The first-order valence-electron chi connectivity index (χ1n) is 6.16. The van der Waals surface area contributed by atoms with Gasteiger partial charge in [-0.1, -0.05) is 34.8 Å². The lowest BCUT2D eigenvalue weighted by molar-refractivity contribution is 0.280. The van der Waals surface area contributed by atoms with Crippen LogP contribution in [0.2, 0.25) is 15.1 Å². The average Bonchev–Trinajstić information content (AvgIpc) is 2.46. The molecule has 0 aliphatic rings. The second-order valence-corrected chi connectivity index (χ2v) is 5.65. The summed E-state index contributed by atoms with van der Waals surface area (Å²) in [5.41, 5.74) is 4.32. The number of benzene rings is 1. The van der Waals surface area contributed by atoms with Crippen LogP contribution < -0.4 is 5.43 Å². The number of hydrogen-bond acceptors (Lipinski definition) is 5. The first-order valence-corrected chi connectivity index (χ1v) is 7.29. The summed E-state index contributed by atoms with van der Waals surface area (Å²) >= 11 is 17.9. The molecule has 8 heteroatoms. The van der Waals surface area contributed by atoms with E-state index in [-0.39, 0.29) is 12.4 Å². The Labute approximate surface area is 142 Å². The van der Waals surface area contributed by atoms with Crippen LogP contribution in [0.1, 0.15) is 16.8 Å². The Hall–Kier alpha value is -1.53. The molecule has 0 radical (unpaired) electrons. The molecule has 0 aliphatic heterocycles.